The average molecular weight is 494 g/mol. The quantitative estimate of drug-likeness (QED) is 0.253. The van der Waals surface area contributed by atoms with Crippen LogP contribution in [0.5, 0.6) is 5.88 Å². The molecule has 186 valence electrons. The Hall–Kier alpha value is -4.72. The molecule has 0 spiro atoms. The first kappa shape index (κ1) is 24.0. The second kappa shape index (κ2) is 10.1. The fraction of sp³-hybridized carbons (Fsp3) is 0.172. The van der Waals surface area contributed by atoms with E-state index in [0.29, 0.717) is 11.4 Å². The Morgan fingerprint density at radius 1 is 0.973 bits per heavy atom. The highest BCUT2D eigenvalue weighted by molar-refractivity contribution is 5.90. The first-order chi connectivity index (χ1) is 18.0. The number of methoxy groups -OCH3 is 2. The lowest BCUT2D eigenvalue weighted by Crippen LogP contribution is -2.17. The number of benzene rings is 3. The van der Waals surface area contributed by atoms with Crippen LogP contribution in [-0.4, -0.2) is 40.8 Å². The molecule has 0 unspecified atom stereocenters. The molecule has 8 nitrogen and oxygen atoms in total. The van der Waals surface area contributed by atoms with Crippen LogP contribution in [0, 0.1) is 0 Å². The van der Waals surface area contributed by atoms with Gasteiger partial charge in [0.15, 0.2) is 0 Å². The van der Waals surface area contributed by atoms with E-state index in [1.807, 2.05) is 74.5 Å². The number of ether oxygens (including phenoxy) is 2. The highest BCUT2D eigenvalue weighted by atomic mass is 16.5. The van der Waals surface area contributed by atoms with Gasteiger partial charge in [-0.3, -0.25) is 4.99 Å². The van der Waals surface area contributed by atoms with Crippen molar-refractivity contribution in [3.63, 3.8) is 0 Å². The molecule has 37 heavy (non-hydrogen) atoms. The van der Waals surface area contributed by atoms with Crippen LogP contribution in [0.25, 0.3) is 28.1 Å². The monoisotopic (exact) mass is 493 g/mol. The zero-order valence-electron chi connectivity index (χ0n) is 21.1. The number of fused-ring (bicyclic) bond motifs is 2. The van der Waals surface area contributed by atoms with Crippen molar-refractivity contribution in [2.24, 2.45) is 4.99 Å². The van der Waals surface area contributed by atoms with Gasteiger partial charge < -0.3 is 19.4 Å². The van der Waals surface area contributed by atoms with Gasteiger partial charge in [-0.1, -0.05) is 12.1 Å². The molecule has 1 aliphatic heterocycles. The van der Waals surface area contributed by atoms with Crippen LogP contribution in [-0.2, 0) is 4.74 Å². The minimum Gasteiger partial charge on any atom is -0.480 e. The van der Waals surface area contributed by atoms with Crippen molar-refractivity contribution in [3.8, 4) is 23.0 Å². The van der Waals surface area contributed by atoms with Crippen molar-refractivity contribution in [1.29, 1.82) is 0 Å². The van der Waals surface area contributed by atoms with E-state index in [-0.39, 0.29) is 12.0 Å². The van der Waals surface area contributed by atoms with Crippen molar-refractivity contribution in [3.05, 3.63) is 89.9 Å². The predicted molar refractivity (Wildman–Crippen MR) is 144 cm³/mol. The molecule has 8 heteroatoms. The number of nitrogens with zero attached hydrogens (tertiary/aromatic N) is 4. The van der Waals surface area contributed by atoms with E-state index in [4.69, 9.17) is 19.5 Å². The summed E-state index contributed by atoms with van der Waals surface area (Å²) in [4.78, 5) is 26.2. The largest absolute Gasteiger partial charge is 0.480 e. The maximum absolute atomic E-state index is 12.0. The highest BCUT2D eigenvalue weighted by Gasteiger charge is 2.18. The molecule has 5 rings (SSSR count). The third-order valence-electron chi connectivity index (χ3n) is 5.88. The molecule has 0 amide bonds. The number of aromatic nitrogens is 3. The normalized spacial score (nSPS) is 11.8. The van der Waals surface area contributed by atoms with Crippen LogP contribution in [0.1, 0.15) is 24.2 Å². The van der Waals surface area contributed by atoms with Crippen molar-refractivity contribution < 1.29 is 14.3 Å². The first-order valence-electron chi connectivity index (χ1n) is 11.9. The molecule has 2 heterocycles. The number of hydrogen-bond donors (Lipinski definition) is 1. The Balaban J connectivity index is 1.77. The van der Waals surface area contributed by atoms with Crippen LogP contribution < -0.4 is 15.4 Å². The number of para-hydroxylation sites is 2. The summed E-state index contributed by atoms with van der Waals surface area (Å²) >= 11 is 0. The fourth-order valence-electron chi connectivity index (χ4n) is 4.26. The molecular weight excluding hydrogens is 466 g/mol. The standard InChI is InChI=1S/C29H27N5O3/c1-18(2)31-24-17-27-25(16-23(24)33-22-9-7-15-30-28(22)36-3)32-21-8-5-6-10-26(21)34(27)20-13-11-19(12-14-20)29(35)37-4/h5-18,33H,1-4H3. The number of esters is 1. The van der Waals surface area contributed by atoms with E-state index in [9.17, 15) is 4.79 Å². The van der Waals surface area contributed by atoms with Gasteiger partial charge in [-0.15, -0.1) is 0 Å². The zero-order chi connectivity index (χ0) is 25.9. The summed E-state index contributed by atoms with van der Waals surface area (Å²) in [5.74, 6) is 0.117. The molecule has 1 aliphatic carbocycles. The van der Waals surface area contributed by atoms with E-state index in [0.717, 1.165) is 44.8 Å². The lowest BCUT2D eigenvalue weighted by Gasteiger charge is -2.21. The Bertz CT molecular complexity index is 1620. The molecular formula is C29H27N5O3. The van der Waals surface area contributed by atoms with Crippen LogP contribution >= 0.6 is 0 Å². The van der Waals surface area contributed by atoms with Crippen LogP contribution in [0.15, 0.2) is 84.0 Å². The molecule has 0 atom stereocenters. The summed E-state index contributed by atoms with van der Waals surface area (Å²) in [7, 11) is 2.97. The van der Waals surface area contributed by atoms with E-state index < -0.39 is 0 Å². The molecule has 0 saturated heterocycles. The Kier molecular flexibility index (Phi) is 6.55. The second-order valence-corrected chi connectivity index (χ2v) is 8.74. The van der Waals surface area contributed by atoms with Gasteiger partial charge in [0.1, 0.15) is 5.69 Å². The molecule has 1 aromatic heterocycles. The van der Waals surface area contributed by atoms with Crippen LogP contribution in [0.2, 0.25) is 0 Å². The van der Waals surface area contributed by atoms with E-state index in [2.05, 4.69) is 14.9 Å². The third-order valence-corrected chi connectivity index (χ3v) is 5.88. The third kappa shape index (κ3) is 4.73. The van der Waals surface area contributed by atoms with Crippen LogP contribution in [0.4, 0.5) is 11.4 Å². The first-order valence-corrected chi connectivity index (χ1v) is 11.9. The predicted octanol–water partition coefficient (Wildman–Crippen LogP) is 5.37. The van der Waals surface area contributed by atoms with Crippen molar-refractivity contribution in [2.45, 2.75) is 19.9 Å². The van der Waals surface area contributed by atoms with Crippen molar-refractivity contribution in [1.82, 2.24) is 14.5 Å². The zero-order valence-corrected chi connectivity index (χ0v) is 21.1. The van der Waals surface area contributed by atoms with Gasteiger partial charge in [-0.05, 0) is 74.5 Å². The molecule has 0 fully saturated rings. The summed E-state index contributed by atoms with van der Waals surface area (Å²) in [6.45, 7) is 4.08. The van der Waals surface area contributed by atoms with Gasteiger partial charge in [0, 0.05) is 17.9 Å². The average Bonchev–Trinajstić information content (AvgIpc) is 2.92. The lowest BCUT2D eigenvalue weighted by molar-refractivity contribution is 0.0600. The molecule has 0 bridgehead atoms. The van der Waals surface area contributed by atoms with Gasteiger partial charge in [-0.2, -0.15) is 0 Å². The fourth-order valence-corrected chi connectivity index (χ4v) is 4.26. The van der Waals surface area contributed by atoms with Gasteiger partial charge in [0.25, 0.3) is 0 Å². The van der Waals surface area contributed by atoms with Crippen LogP contribution in [0.3, 0.4) is 0 Å². The molecule has 0 radical (unpaired) electrons. The minimum absolute atomic E-state index is 0.0648. The van der Waals surface area contributed by atoms with E-state index in [1.165, 1.54) is 7.11 Å². The Morgan fingerprint density at radius 2 is 1.76 bits per heavy atom. The number of anilines is 2. The summed E-state index contributed by atoms with van der Waals surface area (Å²) in [5, 5.41) is 4.22. The van der Waals surface area contributed by atoms with E-state index in [1.54, 1.807) is 25.4 Å². The lowest BCUT2D eigenvalue weighted by atomic mass is 10.1. The number of carbonyl (C=O) groups is 1. The Morgan fingerprint density at radius 3 is 2.49 bits per heavy atom. The summed E-state index contributed by atoms with van der Waals surface area (Å²) in [6.07, 6.45) is 1.69. The Labute approximate surface area is 214 Å². The van der Waals surface area contributed by atoms with Crippen molar-refractivity contribution in [2.75, 3.05) is 19.5 Å². The summed E-state index contributed by atoms with van der Waals surface area (Å²) in [5.41, 5.74) is 6.34. The van der Waals surface area contributed by atoms with Gasteiger partial charge in [-0.25, -0.2) is 14.8 Å². The summed E-state index contributed by atoms with van der Waals surface area (Å²) in [6, 6.07) is 23.2. The summed E-state index contributed by atoms with van der Waals surface area (Å²) < 4.78 is 12.4. The highest BCUT2D eigenvalue weighted by Crippen LogP contribution is 2.31. The maximum Gasteiger partial charge on any atom is 0.337 e. The molecule has 0 saturated carbocycles. The number of pyridine rings is 1. The molecule has 2 aliphatic rings. The molecule has 3 aromatic rings. The van der Waals surface area contributed by atoms with Gasteiger partial charge in [0.2, 0.25) is 5.88 Å². The van der Waals surface area contributed by atoms with Gasteiger partial charge >= 0.3 is 5.97 Å². The molecule has 2 aromatic carbocycles. The molecule has 1 N–H and O–H groups in total. The number of rotatable bonds is 6. The SMILES string of the molecule is COC(=O)c1ccc(-n2c3cc(=NC(C)C)c(Nc4cccnc4OC)cc-3nc3ccccc32)cc1. The van der Waals surface area contributed by atoms with E-state index >= 15 is 0 Å². The maximum atomic E-state index is 12.0. The smallest absolute Gasteiger partial charge is 0.337 e. The minimum atomic E-state index is -0.374. The number of hydrogen-bond acceptors (Lipinski definition) is 7. The van der Waals surface area contributed by atoms with Gasteiger partial charge in [0.05, 0.1) is 53.2 Å². The second-order valence-electron chi connectivity index (χ2n) is 8.74. The van der Waals surface area contributed by atoms with Crippen molar-refractivity contribution >= 4 is 28.4 Å². The number of nitrogens with one attached hydrogen (secondary N) is 1. The topological polar surface area (TPSA) is 90.6 Å². The number of carbonyl (C=O) groups excluding carboxylic acids is 1.